The molecule has 1 unspecified atom stereocenters. The van der Waals surface area contributed by atoms with E-state index in [-0.39, 0.29) is 0 Å². The van der Waals surface area contributed by atoms with Crippen LogP contribution in [-0.4, -0.2) is 10.1 Å². The Bertz CT molecular complexity index is 502. The second-order valence-electron chi connectivity index (χ2n) is 3.85. The lowest BCUT2D eigenvalue weighted by atomic mass is 10.0. The summed E-state index contributed by atoms with van der Waals surface area (Å²) in [6, 6.07) is 7.61. The van der Waals surface area contributed by atoms with Crippen molar-refractivity contribution in [3.05, 3.63) is 59.7 Å². The van der Waals surface area contributed by atoms with Crippen molar-refractivity contribution in [2.24, 2.45) is 0 Å². The number of hydrogen-bond acceptors (Lipinski definition) is 3. The Morgan fingerprint density at radius 3 is 2.65 bits per heavy atom. The number of aromatic nitrogens is 1. The number of pyridine rings is 1. The average Bonchev–Trinajstić information content (AvgIpc) is 2.33. The summed E-state index contributed by atoms with van der Waals surface area (Å²) in [4.78, 5) is 3.89. The van der Waals surface area contributed by atoms with Crippen LogP contribution >= 0.6 is 0 Å². The van der Waals surface area contributed by atoms with Gasteiger partial charge in [0.1, 0.15) is 5.82 Å². The predicted octanol–water partition coefficient (Wildman–Crippen LogP) is 2.08. The van der Waals surface area contributed by atoms with Gasteiger partial charge in [-0.2, -0.15) is 0 Å². The maximum atomic E-state index is 13.1. The number of aliphatic hydroxyl groups is 1. The van der Waals surface area contributed by atoms with Crippen LogP contribution in [0.3, 0.4) is 0 Å². The molecular weight excluding hydrogens is 219 g/mol. The highest BCUT2D eigenvalue weighted by molar-refractivity contribution is 5.48. The van der Waals surface area contributed by atoms with Gasteiger partial charge in [0.05, 0.1) is 6.10 Å². The Hall–Kier alpha value is -1.94. The lowest BCUT2D eigenvalue weighted by molar-refractivity contribution is 0.179. The van der Waals surface area contributed by atoms with Gasteiger partial charge in [-0.25, -0.2) is 4.39 Å². The highest BCUT2D eigenvalue weighted by Gasteiger charge is 2.12. The molecule has 1 heterocycles. The molecule has 0 aliphatic heterocycles. The Labute approximate surface area is 98.7 Å². The second-order valence-corrected chi connectivity index (χ2v) is 3.85. The van der Waals surface area contributed by atoms with Gasteiger partial charge in [0.2, 0.25) is 0 Å². The average molecular weight is 232 g/mol. The fraction of sp³-hybridized carbons (Fsp3) is 0.154. The molecule has 1 aromatic carbocycles. The molecule has 0 amide bonds. The van der Waals surface area contributed by atoms with Gasteiger partial charge in [0.25, 0.3) is 0 Å². The third-order valence-electron chi connectivity index (χ3n) is 2.59. The Morgan fingerprint density at radius 1 is 1.24 bits per heavy atom. The SMILES string of the molecule is Nc1ccc(F)cc1C(O)Cc1ccncc1. The van der Waals surface area contributed by atoms with E-state index in [4.69, 9.17) is 5.73 Å². The van der Waals surface area contributed by atoms with E-state index >= 15 is 0 Å². The van der Waals surface area contributed by atoms with Gasteiger partial charge in [-0.1, -0.05) is 0 Å². The summed E-state index contributed by atoms with van der Waals surface area (Å²) in [5.74, 6) is -0.400. The number of nitrogen functional groups attached to an aromatic ring is 1. The number of benzene rings is 1. The molecule has 0 spiro atoms. The molecule has 4 heteroatoms. The van der Waals surface area contributed by atoms with E-state index in [2.05, 4.69) is 4.98 Å². The molecule has 3 nitrogen and oxygen atoms in total. The zero-order valence-electron chi connectivity index (χ0n) is 9.18. The summed E-state index contributed by atoms with van der Waals surface area (Å²) in [5.41, 5.74) is 7.45. The number of halogens is 1. The Balaban J connectivity index is 2.20. The summed E-state index contributed by atoms with van der Waals surface area (Å²) in [6.45, 7) is 0. The van der Waals surface area contributed by atoms with Gasteiger partial charge in [0, 0.05) is 30.1 Å². The maximum Gasteiger partial charge on any atom is 0.123 e. The molecule has 88 valence electrons. The number of hydrogen-bond donors (Lipinski definition) is 2. The van der Waals surface area contributed by atoms with E-state index < -0.39 is 11.9 Å². The minimum absolute atomic E-state index is 0.385. The molecule has 0 aliphatic carbocycles. The number of anilines is 1. The van der Waals surface area contributed by atoms with Crippen molar-refractivity contribution in [3.63, 3.8) is 0 Å². The third kappa shape index (κ3) is 2.79. The van der Waals surface area contributed by atoms with Gasteiger partial charge in [0.15, 0.2) is 0 Å². The van der Waals surface area contributed by atoms with Crippen LogP contribution in [0.15, 0.2) is 42.7 Å². The fourth-order valence-corrected chi connectivity index (χ4v) is 1.69. The van der Waals surface area contributed by atoms with Crippen LogP contribution in [-0.2, 0) is 6.42 Å². The fourth-order valence-electron chi connectivity index (χ4n) is 1.69. The molecule has 0 fully saturated rings. The first-order valence-corrected chi connectivity index (χ1v) is 5.28. The maximum absolute atomic E-state index is 13.1. The largest absolute Gasteiger partial charge is 0.398 e. The zero-order valence-corrected chi connectivity index (χ0v) is 9.18. The van der Waals surface area contributed by atoms with E-state index in [1.165, 1.54) is 18.2 Å². The van der Waals surface area contributed by atoms with Crippen LogP contribution in [0.1, 0.15) is 17.2 Å². The van der Waals surface area contributed by atoms with Gasteiger partial charge in [-0.15, -0.1) is 0 Å². The number of nitrogens with two attached hydrogens (primary N) is 1. The molecule has 2 aromatic rings. The van der Waals surface area contributed by atoms with E-state index in [0.29, 0.717) is 17.7 Å². The van der Waals surface area contributed by atoms with Gasteiger partial charge in [-0.3, -0.25) is 4.98 Å². The highest BCUT2D eigenvalue weighted by atomic mass is 19.1. The van der Waals surface area contributed by atoms with E-state index in [1.807, 2.05) is 0 Å². The van der Waals surface area contributed by atoms with Gasteiger partial charge in [-0.05, 0) is 35.9 Å². The molecule has 0 aliphatic rings. The van der Waals surface area contributed by atoms with Crippen molar-refractivity contribution >= 4 is 5.69 Å². The first-order chi connectivity index (χ1) is 8.16. The topological polar surface area (TPSA) is 59.1 Å². The van der Waals surface area contributed by atoms with Crippen LogP contribution in [0.25, 0.3) is 0 Å². The van der Waals surface area contributed by atoms with Gasteiger partial charge < -0.3 is 10.8 Å². The first-order valence-electron chi connectivity index (χ1n) is 5.28. The third-order valence-corrected chi connectivity index (χ3v) is 2.59. The first kappa shape index (κ1) is 11.5. The van der Waals surface area contributed by atoms with Gasteiger partial charge >= 0.3 is 0 Å². The molecule has 17 heavy (non-hydrogen) atoms. The van der Waals surface area contributed by atoms with Crippen LogP contribution in [0.4, 0.5) is 10.1 Å². The quantitative estimate of drug-likeness (QED) is 0.796. The van der Waals surface area contributed by atoms with Crippen molar-refractivity contribution in [1.82, 2.24) is 4.98 Å². The molecule has 3 N–H and O–H groups in total. The van der Waals surface area contributed by atoms with Crippen molar-refractivity contribution in [2.45, 2.75) is 12.5 Å². The Morgan fingerprint density at radius 2 is 1.94 bits per heavy atom. The molecule has 0 saturated heterocycles. The molecule has 2 rings (SSSR count). The minimum atomic E-state index is -0.812. The zero-order chi connectivity index (χ0) is 12.3. The van der Waals surface area contributed by atoms with Crippen molar-refractivity contribution < 1.29 is 9.50 Å². The summed E-state index contributed by atoms with van der Waals surface area (Å²) in [5, 5.41) is 10.0. The van der Waals surface area contributed by atoms with Crippen molar-refractivity contribution in [3.8, 4) is 0 Å². The summed E-state index contributed by atoms with van der Waals surface area (Å²) >= 11 is 0. The monoisotopic (exact) mass is 232 g/mol. The smallest absolute Gasteiger partial charge is 0.123 e. The lowest BCUT2D eigenvalue weighted by Gasteiger charge is -2.13. The normalized spacial score (nSPS) is 12.4. The lowest BCUT2D eigenvalue weighted by Crippen LogP contribution is -2.06. The molecular formula is C13H13FN2O. The standard InChI is InChI=1S/C13H13FN2O/c14-10-1-2-12(15)11(8-10)13(17)7-9-3-5-16-6-4-9/h1-6,8,13,17H,7,15H2. The summed E-state index contributed by atoms with van der Waals surface area (Å²) < 4.78 is 13.1. The van der Waals surface area contributed by atoms with Crippen LogP contribution in [0.2, 0.25) is 0 Å². The highest BCUT2D eigenvalue weighted by Crippen LogP contribution is 2.24. The van der Waals surface area contributed by atoms with E-state index in [9.17, 15) is 9.50 Å². The van der Waals surface area contributed by atoms with Crippen LogP contribution in [0.5, 0.6) is 0 Å². The number of aliphatic hydroxyl groups excluding tert-OH is 1. The van der Waals surface area contributed by atoms with E-state index in [1.54, 1.807) is 24.5 Å². The minimum Gasteiger partial charge on any atom is -0.398 e. The Kier molecular flexibility index (Phi) is 3.35. The van der Waals surface area contributed by atoms with Crippen LogP contribution in [0, 0.1) is 5.82 Å². The number of rotatable bonds is 3. The molecule has 1 aromatic heterocycles. The van der Waals surface area contributed by atoms with E-state index in [0.717, 1.165) is 5.56 Å². The molecule has 0 bridgehead atoms. The molecule has 0 radical (unpaired) electrons. The van der Waals surface area contributed by atoms with Crippen molar-refractivity contribution in [1.29, 1.82) is 0 Å². The molecule has 0 saturated carbocycles. The predicted molar refractivity (Wildman–Crippen MR) is 63.7 cm³/mol. The summed E-state index contributed by atoms with van der Waals surface area (Å²) in [6.07, 6.45) is 2.87. The number of nitrogens with zero attached hydrogens (tertiary/aromatic N) is 1. The van der Waals surface area contributed by atoms with Crippen molar-refractivity contribution in [2.75, 3.05) is 5.73 Å². The van der Waals surface area contributed by atoms with Crippen LogP contribution < -0.4 is 5.73 Å². The second kappa shape index (κ2) is 4.93. The molecule has 1 atom stereocenters. The summed E-state index contributed by atoms with van der Waals surface area (Å²) in [7, 11) is 0.